The van der Waals surface area contributed by atoms with Gasteiger partial charge >= 0.3 is 0 Å². The van der Waals surface area contributed by atoms with Crippen molar-refractivity contribution in [2.24, 2.45) is 11.8 Å². The molecule has 0 fully saturated rings. The quantitative estimate of drug-likeness (QED) is 0.617. The van der Waals surface area contributed by atoms with Crippen molar-refractivity contribution in [2.75, 3.05) is 37.6 Å². The predicted molar refractivity (Wildman–Crippen MR) is 136 cm³/mol. The van der Waals surface area contributed by atoms with E-state index in [0.717, 1.165) is 37.3 Å². The molecule has 1 aliphatic heterocycles. The second kappa shape index (κ2) is 12.7. The molecular formula is C27H41N5O2. The van der Waals surface area contributed by atoms with Crippen LogP contribution < -0.4 is 4.90 Å². The van der Waals surface area contributed by atoms with Crippen LogP contribution in [0.2, 0.25) is 0 Å². The van der Waals surface area contributed by atoms with E-state index in [9.17, 15) is 9.59 Å². The van der Waals surface area contributed by atoms with E-state index in [4.69, 9.17) is 0 Å². The lowest BCUT2D eigenvalue weighted by atomic mass is 10.1. The van der Waals surface area contributed by atoms with Crippen LogP contribution in [-0.4, -0.2) is 63.9 Å². The van der Waals surface area contributed by atoms with Crippen molar-refractivity contribution in [3.63, 3.8) is 0 Å². The second-order valence-corrected chi connectivity index (χ2v) is 10.2. The van der Waals surface area contributed by atoms with Gasteiger partial charge in [-0.05, 0) is 36.4 Å². The summed E-state index contributed by atoms with van der Waals surface area (Å²) in [4.78, 5) is 37.0. The number of imidazole rings is 1. The number of nitrogens with zero attached hydrogens (tertiary/aromatic N) is 5. The normalized spacial score (nSPS) is 15.9. The molecular weight excluding hydrogens is 426 g/mol. The number of aromatic nitrogens is 2. The Balaban J connectivity index is 1.87. The summed E-state index contributed by atoms with van der Waals surface area (Å²) < 4.78 is 1.94. The maximum atomic E-state index is 13.3. The monoisotopic (exact) mass is 467 g/mol. The third-order valence-corrected chi connectivity index (χ3v) is 6.19. The Labute approximate surface area is 204 Å². The number of rotatable bonds is 7. The van der Waals surface area contributed by atoms with E-state index in [2.05, 4.69) is 43.6 Å². The van der Waals surface area contributed by atoms with Crippen molar-refractivity contribution in [3.05, 3.63) is 48.5 Å². The van der Waals surface area contributed by atoms with Gasteiger partial charge in [0.25, 0.3) is 0 Å². The highest BCUT2D eigenvalue weighted by atomic mass is 16.2. The van der Waals surface area contributed by atoms with Gasteiger partial charge in [0, 0.05) is 70.2 Å². The summed E-state index contributed by atoms with van der Waals surface area (Å²) in [5.41, 5.74) is 1.98. The fourth-order valence-electron chi connectivity index (χ4n) is 4.57. The zero-order valence-corrected chi connectivity index (χ0v) is 21.3. The van der Waals surface area contributed by atoms with Crippen LogP contribution in [0.3, 0.4) is 0 Å². The smallest absolute Gasteiger partial charge is 0.227 e. The lowest BCUT2D eigenvalue weighted by molar-refractivity contribution is -0.132. The first-order valence-corrected chi connectivity index (χ1v) is 12.7. The van der Waals surface area contributed by atoms with Crippen LogP contribution in [0.5, 0.6) is 0 Å². The molecule has 0 unspecified atom stereocenters. The Morgan fingerprint density at radius 1 is 0.971 bits per heavy atom. The van der Waals surface area contributed by atoms with Gasteiger partial charge in [-0.2, -0.15) is 0 Å². The van der Waals surface area contributed by atoms with E-state index in [1.165, 1.54) is 0 Å². The van der Waals surface area contributed by atoms with Gasteiger partial charge in [-0.3, -0.25) is 9.59 Å². The van der Waals surface area contributed by atoms with Gasteiger partial charge in [0.1, 0.15) is 0 Å². The Kier molecular flexibility index (Phi) is 9.69. The molecule has 0 spiro atoms. The number of carbonyl (C=O) groups excluding carboxylic acids is 2. The fraction of sp³-hybridized carbons (Fsp3) is 0.593. The minimum atomic E-state index is 0.132. The number of benzene rings is 1. The highest BCUT2D eigenvalue weighted by molar-refractivity contribution is 5.94. The topological polar surface area (TPSA) is 61.7 Å². The molecule has 0 atom stereocenters. The number of amides is 2. The average Bonchev–Trinajstić information content (AvgIpc) is 3.29. The second-order valence-electron chi connectivity index (χ2n) is 10.2. The molecule has 2 amide bonds. The summed E-state index contributed by atoms with van der Waals surface area (Å²) in [6, 6.07) is 8.09. The molecule has 34 heavy (non-hydrogen) atoms. The number of hydrogen-bond donors (Lipinski definition) is 0. The minimum absolute atomic E-state index is 0.132. The van der Waals surface area contributed by atoms with Crippen LogP contribution in [0, 0.1) is 11.8 Å². The SMILES string of the molecule is CC(C)CC(=O)N1CCCN(CC(C)C)CCN(C(=O)CCn2ccnc2)Cc2ccccc21. The highest BCUT2D eigenvalue weighted by Crippen LogP contribution is 2.25. The Hall–Kier alpha value is -2.67. The number of aryl methyl sites for hydroxylation is 1. The average molecular weight is 468 g/mol. The van der Waals surface area contributed by atoms with Gasteiger partial charge in [-0.1, -0.05) is 45.9 Å². The van der Waals surface area contributed by atoms with Crippen molar-refractivity contribution in [1.82, 2.24) is 19.4 Å². The molecule has 0 radical (unpaired) electrons. The molecule has 0 aliphatic carbocycles. The molecule has 3 rings (SSSR count). The Bertz CT molecular complexity index is 910. The first-order chi connectivity index (χ1) is 16.3. The summed E-state index contributed by atoms with van der Waals surface area (Å²) in [5, 5.41) is 0. The maximum Gasteiger partial charge on any atom is 0.227 e. The third-order valence-electron chi connectivity index (χ3n) is 6.19. The highest BCUT2D eigenvalue weighted by Gasteiger charge is 2.24. The lowest BCUT2D eigenvalue weighted by Gasteiger charge is -2.29. The number of fused-ring (bicyclic) bond motifs is 1. The maximum absolute atomic E-state index is 13.3. The molecule has 0 bridgehead atoms. The first-order valence-electron chi connectivity index (χ1n) is 12.7. The predicted octanol–water partition coefficient (Wildman–Crippen LogP) is 4.04. The Morgan fingerprint density at radius 2 is 1.76 bits per heavy atom. The van der Waals surface area contributed by atoms with Gasteiger partial charge in [-0.25, -0.2) is 4.98 Å². The van der Waals surface area contributed by atoms with Crippen molar-refractivity contribution in [1.29, 1.82) is 0 Å². The molecule has 0 saturated heterocycles. The number of carbonyl (C=O) groups is 2. The van der Waals surface area contributed by atoms with Gasteiger partial charge in [0.15, 0.2) is 0 Å². The Morgan fingerprint density at radius 3 is 2.47 bits per heavy atom. The lowest BCUT2D eigenvalue weighted by Crippen LogP contribution is -2.40. The van der Waals surface area contributed by atoms with Crippen LogP contribution in [0.4, 0.5) is 5.69 Å². The van der Waals surface area contributed by atoms with Crippen LogP contribution >= 0.6 is 0 Å². The molecule has 7 heteroatoms. The number of hydrogen-bond acceptors (Lipinski definition) is 4. The molecule has 1 aliphatic rings. The van der Waals surface area contributed by atoms with E-state index in [1.54, 1.807) is 12.5 Å². The molecule has 7 nitrogen and oxygen atoms in total. The summed E-state index contributed by atoms with van der Waals surface area (Å²) in [6.07, 6.45) is 7.24. The van der Waals surface area contributed by atoms with Crippen LogP contribution in [-0.2, 0) is 22.7 Å². The largest absolute Gasteiger partial charge is 0.337 e. The zero-order valence-electron chi connectivity index (χ0n) is 21.3. The van der Waals surface area contributed by atoms with Crippen molar-refractivity contribution < 1.29 is 9.59 Å². The number of para-hydroxylation sites is 1. The minimum Gasteiger partial charge on any atom is -0.337 e. The molecule has 2 heterocycles. The van der Waals surface area contributed by atoms with E-state index in [-0.39, 0.29) is 11.8 Å². The van der Waals surface area contributed by atoms with E-state index >= 15 is 0 Å². The van der Waals surface area contributed by atoms with Crippen molar-refractivity contribution in [2.45, 2.75) is 60.0 Å². The molecule has 0 saturated carbocycles. The zero-order chi connectivity index (χ0) is 24.5. The molecule has 2 aromatic rings. The van der Waals surface area contributed by atoms with E-state index in [1.807, 2.05) is 38.8 Å². The van der Waals surface area contributed by atoms with Crippen molar-refractivity contribution >= 4 is 17.5 Å². The van der Waals surface area contributed by atoms with E-state index < -0.39 is 0 Å². The summed E-state index contributed by atoms with van der Waals surface area (Å²) in [5.74, 6) is 1.14. The third kappa shape index (κ3) is 7.69. The van der Waals surface area contributed by atoms with Gasteiger partial charge in [0.2, 0.25) is 11.8 Å². The van der Waals surface area contributed by atoms with Crippen LogP contribution in [0.1, 0.15) is 52.5 Å². The van der Waals surface area contributed by atoms with Crippen LogP contribution in [0.15, 0.2) is 43.0 Å². The summed E-state index contributed by atoms with van der Waals surface area (Å²) in [7, 11) is 0. The summed E-state index contributed by atoms with van der Waals surface area (Å²) >= 11 is 0. The number of anilines is 1. The molecule has 0 N–H and O–H groups in total. The van der Waals surface area contributed by atoms with Crippen molar-refractivity contribution in [3.8, 4) is 0 Å². The molecule has 1 aromatic carbocycles. The first kappa shape index (κ1) is 25.9. The van der Waals surface area contributed by atoms with Crippen LogP contribution in [0.25, 0.3) is 0 Å². The molecule has 1 aromatic heterocycles. The van der Waals surface area contributed by atoms with Gasteiger partial charge < -0.3 is 19.3 Å². The molecule has 186 valence electrons. The summed E-state index contributed by atoms with van der Waals surface area (Å²) in [6.45, 7) is 13.9. The fourth-order valence-corrected chi connectivity index (χ4v) is 4.57. The van der Waals surface area contributed by atoms with Gasteiger partial charge in [0.05, 0.1) is 6.33 Å². The standard InChI is InChI=1S/C27H41N5O2/c1-22(2)18-27(34)32-13-7-12-29(19-23(3)4)16-17-31(20-24-8-5-6-9-25(24)32)26(33)10-14-30-15-11-28-21-30/h5-6,8-9,11,15,21-23H,7,10,12-14,16-20H2,1-4H3. The van der Waals surface area contributed by atoms with Gasteiger partial charge in [-0.15, -0.1) is 0 Å². The van der Waals surface area contributed by atoms with E-state index in [0.29, 0.717) is 50.9 Å².